The molecule has 0 unspecified atom stereocenters. The summed E-state index contributed by atoms with van der Waals surface area (Å²) in [6.07, 6.45) is 2.38. The number of rotatable bonds is 6. The smallest absolute Gasteiger partial charge is 0.231 e. The van der Waals surface area contributed by atoms with Crippen molar-refractivity contribution in [1.29, 1.82) is 0 Å². The van der Waals surface area contributed by atoms with E-state index in [2.05, 4.69) is 46.1 Å². The molecule has 0 N–H and O–H groups in total. The Morgan fingerprint density at radius 3 is 2.60 bits per heavy atom. The van der Waals surface area contributed by atoms with Crippen LogP contribution in [0.1, 0.15) is 53.4 Å². The highest BCUT2D eigenvalue weighted by Gasteiger charge is 2.42. The highest BCUT2D eigenvalue weighted by atomic mass is 16.7. The number of ether oxygens (including phenoxy) is 3. The molecular weight excluding hydrogens is 378 g/mol. The molecule has 0 spiro atoms. The van der Waals surface area contributed by atoms with Crippen molar-refractivity contribution in [1.82, 2.24) is 0 Å². The summed E-state index contributed by atoms with van der Waals surface area (Å²) in [6.45, 7) is 5.58. The molecule has 0 amide bonds. The first-order valence-corrected chi connectivity index (χ1v) is 10.7. The maximum Gasteiger partial charge on any atom is 0.231 e. The van der Waals surface area contributed by atoms with Crippen molar-refractivity contribution < 1.29 is 23.5 Å². The van der Waals surface area contributed by atoms with Crippen molar-refractivity contribution in [2.24, 2.45) is 5.92 Å². The molecule has 0 saturated heterocycles. The van der Waals surface area contributed by atoms with Crippen LogP contribution in [0.25, 0.3) is 0 Å². The number of quaternary nitrogens is 1. The Balaban J connectivity index is 1.66. The Bertz CT molecular complexity index is 947. The third-order valence-corrected chi connectivity index (χ3v) is 6.38. The van der Waals surface area contributed by atoms with Crippen molar-refractivity contribution in [3.63, 3.8) is 0 Å². The number of hydrogen-bond acceptors (Lipinski definition) is 4. The number of benzene rings is 2. The highest BCUT2D eigenvalue weighted by molar-refractivity contribution is 5.96. The lowest BCUT2D eigenvalue weighted by atomic mass is 9.85. The van der Waals surface area contributed by atoms with Gasteiger partial charge in [0.1, 0.15) is 6.04 Å². The van der Waals surface area contributed by atoms with E-state index < -0.39 is 0 Å². The summed E-state index contributed by atoms with van der Waals surface area (Å²) in [5, 5.41) is 0. The summed E-state index contributed by atoms with van der Waals surface area (Å²) in [5.74, 6) is 2.88. The van der Waals surface area contributed by atoms with Gasteiger partial charge in [0.15, 0.2) is 17.3 Å². The van der Waals surface area contributed by atoms with Gasteiger partial charge in [-0.2, -0.15) is 0 Å². The molecule has 2 aromatic carbocycles. The van der Waals surface area contributed by atoms with Crippen LogP contribution in [0.4, 0.5) is 0 Å². The molecule has 5 nitrogen and oxygen atoms in total. The predicted molar refractivity (Wildman–Crippen MR) is 116 cm³/mol. The van der Waals surface area contributed by atoms with Gasteiger partial charge >= 0.3 is 0 Å². The standard InChI is InChI=1S/C25H32NO4/c1-16(2)12-17-6-8-18(9-7-17)21(27)14-20-23-19(10-11-26(20,3)4)13-22-24(25(23)28-5)30-15-29-22/h6-9,13,16,20H,10-12,14-15H2,1-5H3/q+1/t20-/m1/s1. The lowest BCUT2D eigenvalue weighted by molar-refractivity contribution is -0.922. The fourth-order valence-corrected chi connectivity index (χ4v) is 4.71. The number of likely N-dealkylation sites (N-methyl/N-ethyl adjacent to an activating group) is 1. The lowest BCUT2D eigenvalue weighted by Gasteiger charge is -2.43. The summed E-state index contributed by atoms with van der Waals surface area (Å²) in [4.78, 5) is 13.3. The van der Waals surface area contributed by atoms with Gasteiger partial charge < -0.3 is 18.7 Å². The summed E-state index contributed by atoms with van der Waals surface area (Å²) >= 11 is 0. The van der Waals surface area contributed by atoms with Crippen LogP contribution in [-0.4, -0.2) is 44.8 Å². The van der Waals surface area contributed by atoms with Crippen LogP contribution >= 0.6 is 0 Å². The molecule has 5 heteroatoms. The van der Waals surface area contributed by atoms with Crippen LogP contribution in [0, 0.1) is 5.92 Å². The summed E-state index contributed by atoms with van der Waals surface area (Å²) in [7, 11) is 6.05. The number of carbonyl (C=O) groups excluding carboxylic acids is 1. The van der Waals surface area contributed by atoms with Crippen molar-refractivity contribution >= 4 is 5.78 Å². The molecule has 0 saturated carbocycles. The van der Waals surface area contributed by atoms with Crippen LogP contribution in [0.15, 0.2) is 30.3 Å². The van der Waals surface area contributed by atoms with Gasteiger partial charge in [-0.15, -0.1) is 0 Å². The van der Waals surface area contributed by atoms with E-state index in [4.69, 9.17) is 14.2 Å². The minimum Gasteiger partial charge on any atom is -0.492 e. The highest BCUT2D eigenvalue weighted by Crippen LogP contribution is 2.51. The molecule has 2 aromatic rings. The van der Waals surface area contributed by atoms with Gasteiger partial charge in [0.25, 0.3) is 0 Å². The Hall–Kier alpha value is -2.53. The lowest BCUT2D eigenvalue weighted by Crippen LogP contribution is -2.48. The second-order valence-corrected chi connectivity index (χ2v) is 9.41. The van der Waals surface area contributed by atoms with Gasteiger partial charge in [-0.25, -0.2) is 0 Å². The van der Waals surface area contributed by atoms with Gasteiger partial charge in [-0.3, -0.25) is 4.79 Å². The van der Waals surface area contributed by atoms with Crippen molar-refractivity contribution in [2.45, 2.75) is 39.2 Å². The first kappa shape index (κ1) is 20.7. The number of methoxy groups -OCH3 is 1. The van der Waals surface area contributed by atoms with E-state index in [0.717, 1.165) is 46.5 Å². The van der Waals surface area contributed by atoms with Gasteiger partial charge in [-0.05, 0) is 29.5 Å². The molecule has 2 aliphatic rings. The Morgan fingerprint density at radius 2 is 1.93 bits per heavy atom. The molecule has 4 rings (SSSR count). The Morgan fingerprint density at radius 1 is 1.20 bits per heavy atom. The summed E-state index contributed by atoms with van der Waals surface area (Å²) in [5.41, 5.74) is 4.32. The summed E-state index contributed by atoms with van der Waals surface area (Å²) in [6, 6.07) is 10.2. The van der Waals surface area contributed by atoms with E-state index in [9.17, 15) is 4.79 Å². The van der Waals surface area contributed by atoms with E-state index in [1.807, 2.05) is 12.1 Å². The van der Waals surface area contributed by atoms with Crippen LogP contribution in [0.3, 0.4) is 0 Å². The van der Waals surface area contributed by atoms with Crippen molar-refractivity contribution in [3.8, 4) is 17.2 Å². The molecule has 1 atom stereocenters. The number of fused-ring (bicyclic) bond motifs is 2. The fourth-order valence-electron chi connectivity index (χ4n) is 4.71. The maximum absolute atomic E-state index is 13.3. The number of ketones is 1. The van der Waals surface area contributed by atoms with E-state index in [0.29, 0.717) is 18.1 Å². The zero-order valence-corrected chi connectivity index (χ0v) is 18.7. The molecular formula is C25H32NO4+. The largest absolute Gasteiger partial charge is 0.492 e. The van der Waals surface area contributed by atoms with E-state index >= 15 is 0 Å². The van der Waals surface area contributed by atoms with Gasteiger partial charge in [0.2, 0.25) is 12.5 Å². The Kier molecular flexibility index (Phi) is 5.49. The SMILES string of the molecule is COc1c2c(cc3c1[C@@H](CC(=O)c1ccc(CC(C)C)cc1)[N+](C)(C)CC3)OCO2. The molecule has 160 valence electrons. The second kappa shape index (κ2) is 7.95. The molecule has 0 aromatic heterocycles. The van der Waals surface area contributed by atoms with Gasteiger partial charge in [0, 0.05) is 12.0 Å². The van der Waals surface area contributed by atoms with Crippen molar-refractivity contribution in [2.75, 3.05) is 34.5 Å². The maximum atomic E-state index is 13.3. The summed E-state index contributed by atoms with van der Waals surface area (Å²) < 4.78 is 17.8. The average molecular weight is 411 g/mol. The monoisotopic (exact) mass is 410 g/mol. The molecule has 2 heterocycles. The second-order valence-electron chi connectivity index (χ2n) is 9.41. The van der Waals surface area contributed by atoms with Crippen LogP contribution in [0.5, 0.6) is 17.2 Å². The number of Topliss-reactive ketones (excluding diaryl/α,β-unsaturated/α-hetero) is 1. The number of hydrogen-bond donors (Lipinski definition) is 0. The Labute approximate surface area is 179 Å². The number of nitrogens with zero attached hydrogens (tertiary/aromatic N) is 1. The van der Waals surface area contributed by atoms with Crippen LogP contribution < -0.4 is 14.2 Å². The normalized spacial score (nSPS) is 18.9. The zero-order valence-electron chi connectivity index (χ0n) is 18.7. The molecule has 0 aliphatic carbocycles. The van der Waals surface area contributed by atoms with Gasteiger partial charge in [0.05, 0.1) is 39.7 Å². The number of carbonyl (C=O) groups is 1. The quantitative estimate of drug-likeness (QED) is 0.517. The minimum atomic E-state index is 0.000963. The third kappa shape index (κ3) is 3.79. The third-order valence-electron chi connectivity index (χ3n) is 6.38. The fraction of sp³-hybridized carbons (Fsp3) is 0.480. The molecule has 0 fully saturated rings. The van der Waals surface area contributed by atoms with Crippen LogP contribution in [0.2, 0.25) is 0 Å². The average Bonchev–Trinajstić information content (AvgIpc) is 3.17. The molecule has 2 aliphatic heterocycles. The van der Waals surface area contributed by atoms with Crippen molar-refractivity contribution in [3.05, 3.63) is 52.6 Å². The minimum absolute atomic E-state index is 0.000963. The molecule has 0 bridgehead atoms. The van der Waals surface area contributed by atoms with Gasteiger partial charge in [-0.1, -0.05) is 38.1 Å². The van der Waals surface area contributed by atoms with Crippen LogP contribution in [-0.2, 0) is 12.8 Å². The van der Waals surface area contributed by atoms with E-state index in [-0.39, 0.29) is 18.6 Å². The van der Waals surface area contributed by atoms with E-state index in [1.165, 1.54) is 11.1 Å². The first-order chi connectivity index (χ1) is 14.3. The zero-order chi connectivity index (χ0) is 21.5. The predicted octanol–water partition coefficient (Wildman–Crippen LogP) is 4.57. The topological polar surface area (TPSA) is 44.8 Å². The molecule has 30 heavy (non-hydrogen) atoms. The molecule has 0 radical (unpaired) electrons. The first-order valence-electron chi connectivity index (χ1n) is 10.7. The van der Waals surface area contributed by atoms with E-state index in [1.54, 1.807) is 7.11 Å².